The van der Waals surface area contributed by atoms with E-state index in [2.05, 4.69) is 17.1 Å². The zero-order valence-electron chi connectivity index (χ0n) is 17.9. The van der Waals surface area contributed by atoms with Gasteiger partial charge in [-0.25, -0.2) is 4.79 Å². The van der Waals surface area contributed by atoms with Gasteiger partial charge >= 0.3 is 5.97 Å². The van der Waals surface area contributed by atoms with Gasteiger partial charge in [0.1, 0.15) is 11.9 Å². The maximum Gasteiger partial charge on any atom is 0.339 e. The third-order valence-corrected chi connectivity index (χ3v) is 5.05. The van der Waals surface area contributed by atoms with E-state index in [-0.39, 0.29) is 24.6 Å². The van der Waals surface area contributed by atoms with Gasteiger partial charge in [-0.1, -0.05) is 25.5 Å². The second-order valence-corrected chi connectivity index (χ2v) is 7.43. The Morgan fingerprint density at radius 1 is 1.16 bits per heavy atom. The summed E-state index contributed by atoms with van der Waals surface area (Å²) in [5, 5.41) is 12.1. The molecule has 1 heterocycles. The van der Waals surface area contributed by atoms with Crippen molar-refractivity contribution in [3.63, 3.8) is 0 Å². The Bertz CT molecular complexity index is 977. The molecule has 0 aromatic heterocycles. The third-order valence-electron chi connectivity index (χ3n) is 5.05. The van der Waals surface area contributed by atoms with E-state index in [0.29, 0.717) is 42.0 Å². The summed E-state index contributed by atoms with van der Waals surface area (Å²) in [6.45, 7) is 2.45. The van der Waals surface area contributed by atoms with E-state index in [1.807, 2.05) is 6.07 Å². The number of esters is 1. The number of nitrogens with zero attached hydrogens (tertiary/aromatic N) is 1. The highest BCUT2D eigenvalue weighted by molar-refractivity contribution is 6.05. The zero-order chi connectivity index (χ0) is 22.9. The van der Waals surface area contributed by atoms with Crippen LogP contribution in [0, 0.1) is 10.1 Å². The van der Waals surface area contributed by atoms with Gasteiger partial charge in [-0.3, -0.25) is 4.79 Å². The molecule has 0 saturated heterocycles. The Morgan fingerprint density at radius 3 is 2.75 bits per heavy atom. The first kappa shape index (κ1) is 23.1. The second kappa shape index (κ2) is 11.1. The van der Waals surface area contributed by atoms with E-state index in [1.54, 1.807) is 36.4 Å². The summed E-state index contributed by atoms with van der Waals surface area (Å²) in [7, 11) is 0. The van der Waals surface area contributed by atoms with Gasteiger partial charge < -0.3 is 19.6 Å². The van der Waals surface area contributed by atoms with Crippen molar-refractivity contribution < 1.29 is 29.0 Å². The quantitative estimate of drug-likeness (QED) is 0.219. The lowest BCUT2D eigenvalue weighted by atomic mass is 10.0. The number of fused-ring (bicyclic) bond motifs is 1. The van der Waals surface area contributed by atoms with Crippen LogP contribution >= 0.6 is 0 Å². The van der Waals surface area contributed by atoms with Crippen LogP contribution in [0.2, 0.25) is 0 Å². The summed E-state index contributed by atoms with van der Waals surface area (Å²) in [4.78, 5) is 39.2. The van der Waals surface area contributed by atoms with Crippen molar-refractivity contribution in [2.75, 3.05) is 18.5 Å². The van der Waals surface area contributed by atoms with Gasteiger partial charge in [0.2, 0.25) is 0 Å². The van der Waals surface area contributed by atoms with Crippen molar-refractivity contribution >= 4 is 17.6 Å². The van der Waals surface area contributed by atoms with E-state index >= 15 is 0 Å². The smallest absolute Gasteiger partial charge is 0.339 e. The number of hydrogen-bond donors (Lipinski definition) is 1. The molecule has 1 unspecified atom stereocenters. The van der Waals surface area contributed by atoms with Crippen LogP contribution < -0.4 is 10.1 Å². The molecule has 0 fully saturated rings. The van der Waals surface area contributed by atoms with Crippen LogP contribution in [-0.2, 0) is 9.57 Å². The fourth-order valence-corrected chi connectivity index (χ4v) is 3.42. The van der Waals surface area contributed by atoms with Gasteiger partial charge in [0.25, 0.3) is 11.0 Å². The number of carbonyl (C=O) groups excluding carboxylic acids is 2. The van der Waals surface area contributed by atoms with Gasteiger partial charge in [-0.05, 0) is 56.0 Å². The summed E-state index contributed by atoms with van der Waals surface area (Å²) in [6.07, 6.45) is 3.63. The van der Waals surface area contributed by atoms with Gasteiger partial charge in [0.05, 0.1) is 18.8 Å². The number of nitrogens with one attached hydrogen (secondary N) is 1. The Labute approximate surface area is 185 Å². The number of cyclic esters (lactones) is 1. The van der Waals surface area contributed by atoms with Crippen molar-refractivity contribution in [3.8, 4) is 5.75 Å². The molecular formula is C23H26N2O7. The van der Waals surface area contributed by atoms with Gasteiger partial charge in [-0.2, -0.15) is 0 Å². The molecular weight excluding hydrogens is 416 g/mol. The molecule has 2 aromatic rings. The number of benzene rings is 2. The first-order valence-corrected chi connectivity index (χ1v) is 10.6. The number of anilines is 1. The maximum atomic E-state index is 12.7. The monoisotopic (exact) mass is 442 g/mol. The van der Waals surface area contributed by atoms with Crippen LogP contribution in [0.15, 0.2) is 42.5 Å². The lowest BCUT2D eigenvalue weighted by Crippen LogP contribution is -2.12. The van der Waals surface area contributed by atoms with Crippen molar-refractivity contribution in [3.05, 3.63) is 69.3 Å². The molecule has 1 amide bonds. The van der Waals surface area contributed by atoms with Gasteiger partial charge in [-0.15, -0.1) is 10.1 Å². The normalized spacial score (nSPS) is 14.4. The summed E-state index contributed by atoms with van der Waals surface area (Å²) in [5.41, 5.74) is 2.27. The molecule has 32 heavy (non-hydrogen) atoms. The summed E-state index contributed by atoms with van der Waals surface area (Å²) in [6, 6.07) is 12.0. The van der Waals surface area contributed by atoms with Crippen molar-refractivity contribution in [1.82, 2.24) is 0 Å². The van der Waals surface area contributed by atoms with Crippen molar-refractivity contribution in [2.24, 2.45) is 0 Å². The van der Waals surface area contributed by atoms with Crippen LogP contribution in [0.4, 0.5) is 5.69 Å². The fourth-order valence-electron chi connectivity index (χ4n) is 3.42. The molecule has 3 rings (SSSR count). The zero-order valence-corrected chi connectivity index (χ0v) is 17.9. The van der Waals surface area contributed by atoms with Gasteiger partial charge in [0.15, 0.2) is 0 Å². The minimum Gasteiger partial charge on any atom is -0.494 e. The minimum atomic E-state index is -0.822. The lowest BCUT2D eigenvalue weighted by Gasteiger charge is -2.11. The van der Waals surface area contributed by atoms with E-state index < -0.39 is 5.09 Å². The Morgan fingerprint density at radius 2 is 1.97 bits per heavy atom. The Balaban J connectivity index is 1.56. The molecule has 9 nitrogen and oxygen atoms in total. The van der Waals surface area contributed by atoms with E-state index in [0.717, 1.165) is 24.8 Å². The standard InChI is InChI=1S/C23H26N2O7/c1-2-3-9-21-19-11-10-17(15-20(19)23(27)32-21)24-22(26)16-7-6-8-18(14-16)30-12-4-5-13-31-25(28)29/h6-8,10-11,14-15,21H,2-5,9,12-13H2,1H3,(H,24,26). The van der Waals surface area contributed by atoms with E-state index in [1.165, 1.54) is 0 Å². The molecule has 0 saturated carbocycles. The Hall–Kier alpha value is -3.62. The first-order valence-electron chi connectivity index (χ1n) is 10.6. The highest BCUT2D eigenvalue weighted by Crippen LogP contribution is 2.35. The molecule has 1 aliphatic heterocycles. The van der Waals surface area contributed by atoms with Gasteiger partial charge in [0, 0.05) is 16.8 Å². The number of unbranched alkanes of at least 4 members (excludes halogenated alkanes) is 2. The lowest BCUT2D eigenvalue weighted by molar-refractivity contribution is -0.757. The summed E-state index contributed by atoms with van der Waals surface area (Å²) in [5.74, 6) is -0.177. The topological polar surface area (TPSA) is 117 Å². The van der Waals surface area contributed by atoms with Crippen LogP contribution in [0.25, 0.3) is 0 Å². The predicted octanol–water partition coefficient (Wildman–Crippen LogP) is 4.71. The average Bonchev–Trinajstić information content (AvgIpc) is 3.09. The maximum absolute atomic E-state index is 12.7. The average molecular weight is 442 g/mol. The molecule has 1 atom stereocenters. The molecule has 2 aromatic carbocycles. The van der Waals surface area contributed by atoms with Crippen LogP contribution in [-0.4, -0.2) is 30.2 Å². The number of carbonyl (C=O) groups is 2. The first-order chi connectivity index (χ1) is 15.5. The SMILES string of the molecule is CCCCC1OC(=O)c2cc(NC(=O)c3cccc(OCCCCO[N+](=O)[O-])c3)ccc21. The molecule has 0 aliphatic carbocycles. The molecule has 1 N–H and O–H groups in total. The third kappa shape index (κ3) is 6.19. The molecule has 1 aliphatic rings. The molecule has 0 bridgehead atoms. The Kier molecular flexibility index (Phi) is 8.02. The highest BCUT2D eigenvalue weighted by atomic mass is 16.9. The van der Waals surface area contributed by atoms with Crippen LogP contribution in [0.1, 0.15) is 71.4 Å². The van der Waals surface area contributed by atoms with Crippen molar-refractivity contribution in [2.45, 2.75) is 45.1 Å². The fraction of sp³-hybridized carbons (Fsp3) is 0.391. The number of rotatable bonds is 12. The number of amides is 1. The number of hydrogen-bond acceptors (Lipinski definition) is 7. The second-order valence-electron chi connectivity index (χ2n) is 7.43. The summed E-state index contributed by atoms with van der Waals surface area (Å²) >= 11 is 0. The van der Waals surface area contributed by atoms with Crippen LogP contribution in [0.3, 0.4) is 0 Å². The van der Waals surface area contributed by atoms with E-state index in [4.69, 9.17) is 9.47 Å². The molecule has 0 spiro atoms. The van der Waals surface area contributed by atoms with E-state index in [9.17, 15) is 19.7 Å². The minimum absolute atomic E-state index is 0.0203. The molecule has 9 heteroatoms. The molecule has 0 radical (unpaired) electrons. The predicted molar refractivity (Wildman–Crippen MR) is 116 cm³/mol. The number of ether oxygens (including phenoxy) is 2. The van der Waals surface area contributed by atoms with Crippen LogP contribution in [0.5, 0.6) is 5.75 Å². The van der Waals surface area contributed by atoms with Crippen molar-refractivity contribution in [1.29, 1.82) is 0 Å². The highest BCUT2D eigenvalue weighted by Gasteiger charge is 2.30. The molecule has 170 valence electrons. The summed E-state index contributed by atoms with van der Waals surface area (Å²) < 4.78 is 11.1. The largest absolute Gasteiger partial charge is 0.494 e.